The van der Waals surface area contributed by atoms with E-state index >= 15 is 0 Å². The molecule has 0 atom stereocenters. The fourth-order valence-electron chi connectivity index (χ4n) is 2.71. The zero-order valence-electron chi connectivity index (χ0n) is 12.3. The zero-order valence-corrected chi connectivity index (χ0v) is 12.3. The number of anilines is 1. The van der Waals surface area contributed by atoms with E-state index in [0.717, 1.165) is 25.7 Å². The molecule has 0 spiro atoms. The number of carbonyl (C=O) groups is 1. The average Bonchev–Trinajstić information content (AvgIpc) is 2.48. The molecule has 0 heterocycles. The maximum absolute atomic E-state index is 13.3. The summed E-state index contributed by atoms with van der Waals surface area (Å²) in [6.07, 6.45) is 5.13. The Labute approximate surface area is 125 Å². The molecule has 1 aliphatic rings. The Morgan fingerprint density at radius 1 is 1.38 bits per heavy atom. The summed E-state index contributed by atoms with van der Waals surface area (Å²) in [5, 5.41) is 2.91. The average molecular weight is 288 g/mol. The molecular weight excluding hydrogens is 267 g/mol. The molecule has 1 aliphatic carbocycles. The standard InChI is InChI=1S/C17H21FN2O/c1-17(9-3-2-4-10-17)16(21)20-15-8-7-14(18)12-13(15)6-5-11-19/h7-8,12H,2-4,9-11,19H2,1H3,(H,20,21). The highest BCUT2D eigenvalue weighted by Crippen LogP contribution is 2.37. The van der Waals surface area contributed by atoms with Crippen LogP contribution >= 0.6 is 0 Å². The van der Waals surface area contributed by atoms with Gasteiger partial charge in [-0.15, -0.1) is 0 Å². The van der Waals surface area contributed by atoms with Gasteiger partial charge in [0.1, 0.15) is 5.82 Å². The van der Waals surface area contributed by atoms with Crippen molar-refractivity contribution in [3.05, 3.63) is 29.6 Å². The van der Waals surface area contributed by atoms with Gasteiger partial charge in [-0.05, 0) is 31.0 Å². The number of halogens is 1. The van der Waals surface area contributed by atoms with Crippen molar-refractivity contribution in [2.24, 2.45) is 11.1 Å². The fraction of sp³-hybridized carbons (Fsp3) is 0.471. The van der Waals surface area contributed by atoms with Gasteiger partial charge in [-0.25, -0.2) is 4.39 Å². The van der Waals surface area contributed by atoms with Gasteiger partial charge >= 0.3 is 0 Å². The molecule has 0 aliphatic heterocycles. The molecule has 1 saturated carbocycles. The zero-order chi connectivity index (χ0) is 15.3. The first-order chi connectivity index (χ1) is 10.0. The summed E-state index contributed by atoms with van der Waals surface area (Å²) < 4.78 is 13.3. The van der Waals surface area contributed by atoms with Crippen molar-refractivity contribution in [3.63, 3.8) is 0 Å². The van der Waals surface area contributed by atoms with Crippen LogP contribution in [0.15, 0.2) is 18.2 Å². The minimum atomic E-state index is -0.377. The maximum atomic E-state index is 13.3. The van der Waals surface area contributed by atoms with E-state index in [1.165, 1.54) is 18.6 Å². The summed E-state index contributed by atoms with van der Waals surface area (Å²) in [5.74, 6) is 5.11. The van der Waals surface area contributed by atoms with Crippen LogP contribution in [-0.4, -0.2) is 12.5 Å². The SMILES string of the molecule is CC1(C(=O)Nc2ccc(F)cc2C#CCN)CCCCC1. The van der Waals surface area contributed by atoms with Gasteiger partial charge in [-0.1, -0.05) is 38.0 Å². The molecular formula is C17H21FN2O. The molecule has 1 aromatic rings. The van der Waals surface area contributed by atoms with Gasteiger partial charge in [0.2, 0.25) is 5.91 Å². The lowest BCUT2D eigenvalue weighted by atomic mass is 9.75. The second-order valence-corrected chi connectivity index (χ2v) is 5.77. The molecule has 1 aromatic carbocycles. The van der Waals surface area contributed by atoms with Crippen LogP contribution in [0.1, 0.15) is 44.6 Å². The molecule has 0 unspecified atom stereocenters. The van der Waals surface area contributed by atoms with Crippen molar-refractivity contribution >= 4 is 11.6 Å². The van der Waals surface area contributed by atoms with Gasteiger partial charge < -0.3 is 11.1 Å². The van der Waals surface area contributed by atoms with Crippen LogP contribution in [0.5, 0.6) is 0 Å². The lowest BCUT2D eigenvalue weighted by Gasteiger charge is -2.32. The topological polar surface area (TPSA) is 55.1 Å². The first kappa shape index (κ1) is 15.5. The number of carbonyl (C=O) groups excluding carboxylic acids is 1. The van der Waals surface area contributed by atoms with Crippen LogP contribution in [0.3, 0.4) is 0 Å². The number of rotatable bonds is 2. The van der Waals surface area contributed by atoms with E-state index in [1.807, 2.05) is 6.92 Å². The van der Waals surface area contributed by atoms with Gasteiger partial charge in [0.15, 0.2) is 0 Å². The summed E-state index contributed by atoms with van der Waals surface area (Å²) in [6, 6.07) is 4.20. The molecule has 0 saturated heterocycles. The largest absolute Gasteiger partial charge is 0.324 e. The van der Waals surface area contributed by atoms with E-state index in [1.54, 1.807) is 6.07 Å². The Morgan fingerprint density at radius 2 is 2.10 bits per heavy atom. The minimum absolute atomic E-state index is 0.00962. The Bertz CT molecular complexity index is 580. The fourth-order valence-corrected chi connectivity index (χ4v) is 2.71. The monoisotopic (exact) mass is 288 g/mol. The van der Waals surface area contributed by atoms with Crippen molar-refractivity contribution in [3.8, 4) is 11.8 Å². The number of benzene rings is 1. The predicted molar refractivity (Wildman–Crippen MR) is 82.2 cm³/mol. The lowest BCUT2D eigenvalue weighted by molar-refractivity contribution is -0.126. The molecule has 0 aromatic heterocycles. The highest BCUT2D eigenvalue weighted by molar-refractivity contribution is 5.96. The van der Waals surface area contributed by atoms with Gasteiger partial charge in [-0.3, -0.25) is 4.79 Å². The van der Waals surface area contributed by atoms with Crippen LogP contribution in [0.25, 0.3) is 0 Å². The maximum Gasteiger partial charge on any atom is 0.230 e. The first-order valence-electron chi connectivity index (χ1n) is 7.35. The van der Waals surface area contributed by atoms with Crippen molar-refractivity contribution in [1.29, 1.82) is 0 Å². The van der Waals surface area contributed by atoms with Gasteiger partial charge in [0, 0.05) is 5.41 Å². The lowest BCUT2D eigenvalue weighted by Crippen LogP contribution is -2.35. The molecule has 0 bridgehead atoms. The van der Waals surface area contributed by atoms with Crippen molar-refractivity contribution in [2.75, 3.05) is 11.9 Å². The Hall–Kier alpha value is -1.86. The van der Waals surface area contributed by atoms with Crippen molar-refractivity contribution < 1.29 is 9.18 Å². The minimum Gasteiger partial charge on any atom is -0.324 e. The summed E-state index contributed by atoms with van der Waals surface area (Å²) >= 11 is 0. The van der Waals surface area contributed by atoms with Crippen LogP contribution in [0.4, 0.5) is 10.1 Å². The molecule has 3 N–H and O–H groups in total. The quantitative estimate of drug-likeness (QED) is 0.822. The molecule has 2 rings (SSSR count). The third-order valence-electron chi connectivity index (χ3n) is 4.06. The van der Waals surface area contributed by atoms with Gasteiger partial charge in [0.25, 0.3) is 0 Å². The number of amides is 1. The van der Waals surface area contributed by atoms with Crippen LogP contribution < -0.4 is 11.1 Å². The predicted octanol–water partition coefficient (Wildman–Crippen LogP) is 3.04. The molecule has 0 radical (unpaired) electrons. The summed E-state index contributed by atoms with van der Waals surface area (Å²) in [4.78, 5) is 12.5. The normalized spacial score (nSPS) is 16.7. The molecule has 3 nitrogen and oxygen atoms in total. The van der Waals surface area contributed by atoms with E-state index in [-0.39, 0.29) is 23.7 Å². The Morgan fingerprint density at radius 3 is 2.76 bits per heavy atom. The molecule has 21 heavy (non-hydrogen) atoms. The van der Waals surface area contributed by atoms with Crippen LogP contribution in [-0.2, 0) is 4.79 Å². The van der Waals surface area contributed by atoms with Crippen molar-refractivity contribution in [1.82, 2.24) is 0 Å². The highest BCUT2D eigenvalue weighted by atomic mass is 19.1. The van der Waals surface area contributed by atoms with E-state index in [2.05, 4.69) is 17.2 Å². The van der Waals surface area contributed by atoms with Gasteiger partial charge in [0.05, 0.1) is 17.8 Å². The van der Waals surface area contributed by atoms with Crippen LogP contribution in [0.2, 0.25) is 0 Å². The number of hydrogen-bond donors (Lipinski definition) is 2. The van der Waals surface area contributed by atoms with E-state index in [0.29, 0.717) is 11.3 Å². The highest BCUT2D eigenvalue weighted by Gasteiger charge is 2.34. The summed E-state index contributed by atoms with van der Waals surface area (Å²) in [6.45, 7) is 2.19. The van der Waals surface area contributed by atoms with E-state index < -0.39 is 0 Å². The Balaban J connectivity index is 2.20. The molecule has 1 fully saturated rings. The third-order valence-corrected chi connectivity index (χ3v) is 4.06. The molecule has 112 valence electrons. The van der Waals surface area contributed by atoms with Crippen LogP contribution in [0, 0.1) is 23.1 Å². The smallest absolute Gasteiger partial charge is 0.230 e. The third kappa shape index (κ3) is 3.83. The summed E-state index contributed by atoms with van der Waals surface area (Å²) in [7, 11) is 0. The first-order valence-corrected chi connectivity index (χ1v) is 7.35. The second-order valence-electron chi connectivity index (χ2n) is 5.77. The van der Waals surface area contributed by atoms with E-state index in [4.69, 9.17) is 5.73 Å². The number of nitrogens with one attached hydrogen (secondary N) is 1. The number of nitrogens with two attached hydrogens (primary N) is 1. The van der Waals surface area contributed by atoms with Gasteiger partial charge in [-0.2, -0.15) is 0 Å². The molecule has 1 amide bonds. The number of hydrogen-bond acceptors (Lipinski definition) is 2. The van der Waals surface area contributed by atoms with Crippen molar-refractivity contribution in [2.45, 2.75) is 39.0 Å². The Kier molecular flexibility index (Phi) is 4.98. The molecule has 4 heteroatoms. The second kappa shape index (κ2) is 6.73. The summed E-state index contributed by atoms with van der Waals surface area (Å²) in [5.41, 5.74) is 6.02. The van der Waals surface area contributed by atoms with E-state index in [9.17, 15) is 9.18 Å².